The summed E-state index contributed by atoms with van der Waals surface area (Å²) in [6.45, 7) is 2.69. The molecule has 1 aliphatic rings. The molecule has 90 valence electrons. The van der Waals surface area contributed by atoms with Crippen LogP contribution < -0.4 is 0 Å². The fourth-order valence-electron chi connectivity index (χ4n) is 2.86. The fraction of sp³-hybridized carbons (Fsp3) is 0.533. The largest absolute Gasteiger partial charge is 0.234 e. The second kappa shape index (κ2) is 5.29. The molecule has 2 heteroatoms. The first kappa shape index (κ1) is 12.1. The predicted molar refractivity (Wildman–Crippen MR) is 68.9 cm³/mol. The van der Waals surface area contributed by atoms with E-state index in [4.69, 9.17) is 0 Å². The molecule has 0 aliphatic heterocycles. The third-order valence-corrected chi connectivity index (χ3v) is 3.92. The van der Waals surface area contributed by atoms with Crippen molar-refractivity contribution in [2.45, 2.75) is 44.4 Å². The highest BCUT2D eigenvalue weighted by atomic mass is 16.1. The molecule has 0 saturated heterocycles. The van der Waals surface area contributed by atoms with E-state index in [1.807, 2.05) is 0 Å². The van der Waals surface area contributed by atoms with Crippen molar-refractivity contribution in [3.63, 3.8) is 0 Å². The second-order valence-corrected chi connectivity index (χ2v) is 5.11. The molecule has 1 aromatic carbocycles. The Kier molecular flexibility index (Phi) is 3.75. The van der Waals surface area contributed by atoms with Gasteiger partial charge >= 0.3 is 0 Å². The third kappa shape index (κ3) is 2.65. The van der Waals surface area contributed by atoms with Crippen LogP contribution in [0.1, 0.15) is 43.2 Å². The Hall–Kier alpha value is -1.40. The molecule has 0 spiro atoms. The summed E-state index contributed by atoms with van der Waals surface area (Å²) in [6.07, 6.45) is 7.76. The Labute approximate surface area is 103 Å². The summed E-state index contributed by atoms with van der Waals surface area (Å²) in [7, 11) is 0. The van der Waals surface area contributed by atoms with Crippen LogP contribution in [0.2, 0.25) is 0 Å². The molecule has 0 heterocycles. The lowest BCUT2D eigenvalue weighted by Crippen LogP contribution is -2.32. The lowest BCUT2D eigenvalue weighted by atomic mass is 9.69. The van der Waals surface area contributed by atoms with Crippen LogP contribution in [0.5, 0.6) is 0 Å². The monoisotopic (exact) mass is 229 g/mol. The van der Waals surface area contributed by atoms with Gasteiger partial charge in [0, 0.05) is 5.41 Å². The first-order valence-electron chi connectivity index (χ1n) is 6.38. The summed E-state index contributed by atoms with van der Waals surface area (Å²) in [5, 5.41) is 0. The Morgan fingerprint density at radius 3 is 2.41 bits per heavy atom. The minimum atomic E-state index is 0.0867. The standard InChI is InChI=1S/C15H19NO/c1-13-5-7-14(8-6-13)15(11-16-12-17)9-3-2-4-10-15/h5-8H,2-4,9-11H2,1H3. The van der Waals surface area contributed by atoms with Gasteiger partial charge in [-0.1, -0.05) is 49.1 Å². The van der Waals surface area contributed by atoms with Crippen LogP contribution in [-0.4, -0.2) is 12.6 Å². The van der Waals surface area contributed by atoms with Gasteiger partial charge in [-0.3, -0.25) is 0 Å². The SMILES string of the molecule is Cc1ccc(C2(CN=C=O)CCCCC2)cc1. The summed E-state index contributed by atoms with van der Waals surface area (Å²) in [5.41, 5.74) is 2.70. The van der Waals surface area contributed by atoms with Gasteiger partial charge in [0.1, 0.15) is 0 Å². The van der Waals surface area contributed by atoms with Gasteiger partial charge in [0.25, 0.3) is 0 Å². The van der Waals surface area contributed by atoms with Crippen LogP contribution >= 0.6 is 0 Å². The molecular weight excluding hydrogens is 210 g/mol. The highest BCUT2D eigenvalue weighted by Gasteiger charge is 2.33. The van der Waals surface area contributed by atoms with Crippen LogP contribution in [0.3, 0.4) is 0 Å². The van der Waals surface area contributed by atoms with E-state index < -0.39 is 0 Å². The van der Waals surface area contributed by atoms with E-state index in [-0.39, 0.29) is 5.41 Å². The van der Waals surface area contributed by atoms with E-state index in [1.165, 1.54) is 30.4 Å². The molecule has 1 aliphatic carbocycles. The van der Waals surface area contributed by atoms with Gasteiger partial charge < -0.3 is 0 Å². The number of benzene rings is 1. The molecule has 0 unspecified atom stereocenters. The van der Waals surface area contributed by atoms with Crippen molar-refractivity contribution >= 4 is 6.08 Å². The number of aliphatic imine (C=N–C) groups is 1. The normalized spacial score (nSPS) is 18.4. The first-order chi connectivity index (χ1) is 8.27. The van der Waals surface area contributed by atoms with Gasteiger partial charge in [0.15, 0.2) is 0 Å². The number of nitrogens with zero attached hydrogens (tertiary/aromatic N) is 1. The Bertz CT molecular complexity index is 409. The number of rotatable bonds is 3. The molecule has 2 rings (SSSR count). The Morgan fingerprint density at radius 2 is 1.82 bits per heavy atom. The zero-order chi connectivity index (χ0) is 12.1. The Balaban J connectivity index is 2.31. The summed E-state index contributed by atoms with van der Waals surface area (Å²) < 4.78 is 0. The first-order valence-corrected chi connectivity index (χ1v) is 6.38. The maximum absolute atomic E-state index is 10.4. The fourth-order valence-corrected chi connectivity index (χ4v) is 2.86. The number of isocyanates is 1. The van der Waals surface area contributed by atoms with Crippen LogP contribution in [-0.2, 0) is 10.2 Å². The average Bonchev–Trinajstić information content (AvgIpc) is 2.38. The van der Waals surface area contributed by atoms with E-state index >= 15 is 0 Å². The molecule has 0 aromatic heterocycles. The minimum Gasteiger partial charge on any atom is -0.211 e. The van der Waals surface area contributed by atoms with Crippen molar-refractivity contribution in [3.05, 3.63) is 35.4 Å². The summed E-state index contributed by atoms with van der Waals surface area (Å²) in [4.78, 5) is 14.2. The van der Waals surface area contributed by atoms with Gasteiger partial charge in [-0.15, -0.1) is 0 Å². The molecule has 0 bridgehead atoms. The molecule has 1 aromatic rings. The van der Waals surface area contributed by atoms with E-state index in [0.29, 0.717) is 6.54 Å². The highest BCUT2D eigenvalue weighted by molar-refractivity contribution is 5.35. The van der Waals surface area contributed by atoms with Crippen molar-refractivity contribution in [1.29, 1.82) is 0 Å². The zero-order valence-corrected chi connectivity index (χ0v) is 10.4. The average molecular weight is 229 g/mol. The van der Waals surface area contributed by atoms with Crippen LogP contribution in [0, 0.1) is 6.92 Å². The van der Waals surface area contributed by atoms with Crippen molar-refractivity contribution in [2.75, 3.05) is 6.54 Å². The van der Waals surface area contributed by atoms with Gasteiger partial charge in [0.2, 0.25) is 6.08 Å². The maximum Gasteiger partial charge on any atom is 0.234 e. The van der Waals surface area contributed by atoms with Gasteiger partial charge in [-0.2, -0.15) is 0 Å². The molecule has 17 heavy (non-hydrogen) atoms. The number of carbonyl (C=O) groups excluding carboxylic acids is 1. The summed E-state index contributed by atoms with van der Waals surface area (Å²) in [6, 6.07) is 8.69. The third-order valence-electron chi connectivity index (χ3n) is 3.92. The van der Waals surface area contributed by atoms with Crippen molar-refractivity contribution in [1.82, 2.24) is 0 Å². The topological polar surface area (TPSA) is 29.4 Å². The molecule has 1 saturated carbocycles. The molecule has 0 N–H and O–H groups in total. The quantitative estimate of drug-likeness (QED) is 0.576. The molecule has 0 radical (unpaired) electrons. The molecule has 1 fully saturated rings. The summed E-state index contributed by atoms with van der Waals surface area (Å²) >= 11 is 0. The number of hydrogen-bond donors (Lipinski definition) is 0. The van der Waals surface area contributed by atoms with Gasteiger partial charge in [-0.05, 0) is 25.3 Å². The van der Waals surface area contributed by atoms with E-state index in [1.54, 1.807) is 6.08 Å². The second-order valence-electron chi connectivity index (χ2n) is 5.11. The summed E-state index contributed by atoms with van der Waals surface area (Å²) in [5.74, 6) is 0. The van der Waals surface area contributed by atoms with Crippen molar-refractivity contribution in [2.24, 2.45) is 4.99 Å². The lowest BCUT2D eigenvalue weighted by Gasteiger charge is -2.36. The Morgan fingerprint density at radius 1 is 1.18 bits per heavy atom. The highest BCUT2D eigenvalue weighted by Crippen LogP contribution is 2.39. The van der Waals surface area contributed by atoms with Gasteiger partial charge in [-0.25, -0.2) is 9.79 Å². The van der Waals surface area contributed by atoms with Crippen molar-refractivity contribution in [3.8, 4) is 0 Å². The maximum atomic E-state index is 10.4. The van der Waals surface area contributed by atoms with Crippen LogP contribution in [0.4, 0.5) is 0 Å². The predicted octanol–water partition coefficient (Wildman–Crippen LogP) is 3.53. The van der Waals surface area contributed by atoms with Crippen LogP contribution in [0.15, 0.2) is 29.3 Å². The van der Waals surface area contributed by atoms with Crippen molar-refractivity contribution < 1.29 is 4.79 Å². The number of aryl methyl sites for hydroxylation is 1. The zero-order valence-electron chi connectivity index (χ0n) is 10.4. The smallest absolute Gasteiger partial charge is 0.211 e. The van der Waals surface area contributed by atoms with E-state index in [0.717, 1.165) is 12.8 Å². The molecule has 0 amide bonds. The minimum absolute atomic E-state index is 0.0867. The van der Waals surface area contributed by atoms with E-state index in [2.05, 4.69) is 36.2 Å². The number of hydrogen-bond acceptors (Lipinski definition) is 2. The van der Waals surface area contributed by atoms with Crippen LogP contribution in [0.25, 0.3) is 0 Å². The molecule has 0 atom stereocenters. The van der Waals surface area contributed by atoms with E-state index in [9.17, 15) is 4.79 Å². The van der Waals surface area contributed by atoms with Gasteiger partial charge in [0.05, 0.1) is 6.54 Å². The lowest BCUT2D eigenvalue weighted by molar-refractivity contribution is 0.301. The molecule has 2 nitrogen and oxygen atoms in total. The molecular formula is C15H19NO.